The Morgan fingerprint density at radius 1 is 1.26 bits per heavy atom. The highest BCUT2D eigenvalue weighted by Crippen LogP contribution is 2.17. The molecule has 2 rings (SSSR count). The molecule has 23 heavy (non-hydrogen) atoms. The number of carbonyl (C=O) groups is 2. The van der Waals surface area contributed by atoms with E-state index < -0.39 is 6.03 Å². The van der Waals surface area contributed by atoms with Gasteiger partial charge in [0.1, 0.15) is 12.4 Å². The molecule has 1 saturated carbocycles. The summed E-state index contributed by atoms with van der Waals surface area (Å²) < 4.78 is 13.1. The van der Waals surface area contributed by atoms with Gasteiger partial charge in [0.2, 0.25) is 0 Å². The van der Waals surface area contributed by atoms with Crippen LogP contribution in [0, 0.1) is 5.82 Å². The van der Waals surface area contributed by atoms with Crippen LogP contribution in [0.15, 0.2) is 24.3 Å². The van der Waals surface area contributed by atoms with Gasteiger partial charge >= 0.3 is 6.03 Å². The molecule has 1 aliphatic rings. The molecule has 0 aliphatic heterocycles. The lowest BCUT2D eigenvalue weighted by Crippen LogP contribution is -3.09. The third-order valence-electron chi connectivity index (χ3n) is 4.05. The number of hydrogen-bond donors (Lipinski definition) is 3. The van der Waals surface area contributed by atoms with Crippen LogP contribution in [0.4, 0.5) is 9.18 Å². The molecule has 0 bridgehead atoms. The van der Waals surface area contributed by atoms with Gasteiger partial charge in [-0.3, -0.25) is 10.1 Å². The molecule has 0 spiro atoms. The Morgan fingerprint density at radius 2 is 2.00 bits per heavy atom. The summed E-state index contributed by atoms with van der Waals surface area (Å²) in [6.45, 7) is 0.685. The standard InChI is InChI=1S/C17H24FN3O2/c1-21(11-13-6-5-7-14(18)10-13)12-16(22)20-17(23)19-15-8-3-2-4-9-15/h5-7,10,15H,2-4,8-9,11-12H2,1H3,(H2,19,20,22,23)/p+1. The zero-order valence-electron chi connectivity index (χ0n) is 13.5. The first kappa shape index (κ1) is 17.4. The maximum Gasteiger partial charge on any atom is 0.321 e. The van der Waals surface area contributed by atoms with Crippen molar-refractivity contribution in [3.63, 3.8) is 0 Å². The lowest BCUT2D eigenvalue weighted by molar-refractivity contribution is -0.885. The molecule has 1 aromatic rings. The van der Waals surface area contributed by atoms with E-state index in [2.05, 4.69) is 10.6 Å². The van der Waals surface area contributed by atoms with E-state index in [9.17, 15) is 14.0 Å². The van der Waals surface area contributed by atoms with Gasteiger partial charge in [-0.05, 0) is 25.0 Å². The number of halogens is 1. The Morgan fingerprint density at radius 3 is 2.70 bits per heavy atom. The molecule has 1 atom stereocenters. The Kier molecular flexibility index (Phi) is 6.52. The molecule has 1 fully saturated rings. The lowest BCUT2D eigenvalue weighted by Gasteiger charge is -2.22. The minimum Gasteiger partial charge on any atom is -0.335 e. The molecule has 6 heteroatoms. The second-order valence-corrected chi connectivity index (χ2v) is 6.30. The molecule has 1 aliphatic carbocycles. The number of rotatable bonds is 5. The van der Waals surface area contributed by atoms with Crippen molar-refractivity contribution in [2.45, 2.75) is 44.7 Å². The highest BCUT2D eigenvalue weighted by atomic mass is 19.1. The Bertz CT molecular complexity index is 544. The van der Waals surface area contributed by atoms with Crippen LogP contribution in [-0.2, 0) is 11.3 Å². The van der Waals surface area contributed by atoms with Gasteiger partial charge in [0.25, 0.3) is 5.91 Å². The molecular weight excluding hydrogens is 297 g/mol. The number of urea groups is 1. The fourth-order valence-electron chi connectivity index (χ4n) is 2.97. The number of imide groups is 1. The molecule has 0 heterocycles. The van der Waals surface area contributed by atoms with Gasteiger partial charge in [0.15, 0.2) is 6.54 Å². The predicted molar refractivity (Wildman–Crippen MR) is 85.4 cm³/mol. The summed E-state index contributed by atoms with van der Waals surface area (Å²) in [5.74, 6) is -0.612. The summed E-state index contributed by atoms with van der Waals surface area (Å²) >= 11 is 0. The van der Waals surface area contributed by atoms with E-state index in [1.165, 1.54) is 18.6 Å². The molecule has 3 N–H and O–H groups in total. The van der Waals surface area contributed by atoms with Crippen LogP contribution in [0.25, 0.3) is 0 Å². The van der Waals surface area contributed by atoms with Gasteiger partial charge in [-0.1, -0.05) is 31.4 Å². The van der Waals surface area contributed by atoms with Crippen molar-refractivity contribution in [1.29, 1.82) is 0 Å². The van der Waals surface area contributed by atoms with E-state index >= 15 is 0 Å². The quantitative estimate of drug-likeness (QED) is 0.757. The van der Waals surface area contributed by atoms with Gasteiger partial charge in [-0.25, -0.2) is 9.18 Å². The number of nitrogens with one attached hydrogen (secondary N) is 3. The van der Waals surface area contributed by atoms with Crippen LogP contribution in [0.5, 0.6) is 0 Å². The molecular formula is C17H25FN3O2+. The first-order chi connectivity index (χ1) is 11.0. The fraction of sp³-hybridized carbons (Fsp3) is 0.529. The van der Waals surface area contributed by atoms with Gasteiger partial charge in [0, 0.05) is 11.6 Å². The van der Waals surface area contributed by atoms with Gasteiger partial charge in [0.05, 0.1) is 7.05 Å². The van der Waals surface area contributed by atoms with Gasteiger partial charge in [-0.15, -0.1) is 0 Å². The van der Waals surface area contributed by atoms with Crippen LogP contribution in [0.1, 0.15) is 37.7 Å². The Hall–Kier alpha value is -1.95. The lowest BCUT2D eigenvalue weighted by atomic mass is 9.96. The normalized spacial score (nSPS) is 16.6. The SMILES string of the molecule is C[NH+](CC(=O)NC(=O)NC1CCCCC1)Cc1cccc(F)c1. The molecule has 3 amide bonds. The highest BCUT2D eigenvalue weighted by molar-refractivity contribution is 5.94. The van der Waals surface area contributed by atoms with Crippen molar-refractivity contribution in [2.24, 2.45) is 0 Å². The summed E-state index contributed by atoms with van der Waals surface area (Å²) in [4.78, 5) is 24.6. The zero-order chi connectivity index (χ0) is 16.7. The van der Waals surface area contributed by atoms with Crippen molar-refractivity contribution in [2.75, 3.05) is 13.6 Å². The minimum atomic E-state index is -0.416. The van der Waals surface area contributed by atoms with Gasteiger partial charge in [-0.2, -0.15) is 0 Å². The topological polar surface area (TPSA) is 62.6 Å². The summed E-state index contributed by atoms with van der Waals surface area (Å²) in [6, 6.07) is 6.07. The predicted octanol–water partition coefficient (Wildman–Crippen LogP) is 0.999. The molecule has 0 radical (unpaired) electrons. The van der Waals surface area contributed by atoms with Crippen molar-refractivity contribution in [1.82, 2.24) is 10.6 Å². The molecule has 1 unspecified atom stereocenters. The number of benzene rings is 1. The average Bonchev–Trinajstić information content (AvgIpc) is 2.47. The van der Waals surface area contributed by atoms with Crippen LogP contribution >= 0.6 is 0 Å². The number of carbonyl (C=O) groups excluding carboxylic acids is 2. The second kappa shape index (κ2) is 8.62. The summed E-state index contributed by atoms with van der Waals surface area (Å²) in [7, 11) is 1.84. The maximum absolute atomic E-state index is 13.1. The van der Waals surface area contributed by atoms with E-state index in [4.69, 9.17) is 0 Å². The monoisotopic (exact) mass is 322 g/mol. The van der Waals surface area contributed by atoms with Crippen molar-refractivity contribution in [3.05, 3.63) is 35.6 Å². The molecule has 0 saturated heterocycles. The highest BCUT2D eigenvalue weighted by Gasteiger charge is 2.18. The Balaban J connectivity index is 1.71. The smallest absolute Gasteiger partial charge is 0.321 e. The minimum absolute atomic E-state index is 0.161. The number of likely N-dealkylation sites (N-methyl/N-ethyl adjacent to an activating group) is 1. The van der Waals surface area contributed by atoms with Crippen molar-refractivity contribution < 1.29 is 18.9 Å². The van der Waals surface area contributed by atoms with Crippen LogP contribution < -0.4 is 15.5 Å². The first-order valence-electron chi connectivity index (χ1n) is 8.19. The van der Waals surface area contributed by atoms with E-state index in [-0.39, 0.29) is 24.3 Å². The van der Waals surface area contributed by atoms with E-state index in [1.807, 2.05) is 13.1 Å². The third kappa shape index (κ3) is 6.36. The molecule has 1 aromatic carbocycles. The zero-order valence-corrected chi connectivity index (χ0v) is 13.5. The molecule has 126 valence electrons. The average molecular weight is 322 g/mol. The summed E-state index contributed by atoms with van der Waals surface area (Å²) in [5.41, 5.74) is 0.821. The van der Waals surface area contributed by atoms with Crippen LogP contribution in [-0.4, -0.2) is 31.6 Å². The Labute approximate surface area is 136 Å². The summed E-state index contributed by atoms with van der Waals surface area (Å²) in [6.07, 6.45) is 5.42. The van der Waals surface area contributed by atoms with Gasteiger partial charge < -0.3 is 10.2 Å². The van der Waals surface area contributed by atoms with E-state index in [0.717, 1.165) is 36.1 Å². The van der Waals surface area contributed by atoms with E-state index in [1.54, 1.807) is 6.07 Å². The van der Waals surface area contributed by atoms with Crippen LogP contribution in [0.3, 0.4) is 0 Å². The fourth-order valence-corrected chi connectivity index (χ4v) is 2.97. The maximum atomic E-state index is 13.1. The summed E-state index contributed by atoms with van der Waals surface area (Å²) in [5, 5.41) is 5.22. The number of hydrogen-bond acceptors (Lipinski definition) is 2. The second-order valence-electron chi connectivity index (χ2n) is 6.30. The van der Waals surface area contributed by atoms with E-state index in [0.29, 0.717) is 6.54 Å². The van der Waals surface area contributed by atoms with Crippen LogP contribution in [0.2, 0.25) is 0 Å². The number of amides is 3. The molecule has 5 nitrogen and oxygen atoms in total. The van der Waals surface area contributed by atoms with Crippen molar-refractivity contribution in [3.8, 4) is 0 Å². The number of quaternary nitrogens is 1. The first-order valence-corrected chi connectivity index (χ1v) is 8.19. The third-order valence-corrected chi connectivity index (χ3v) is 4.05. The van der Waals surface area contributed by atoms with Crippen molar-refractivity contribution >= 4 is 11.9 Å². The molecule has 0 aromatic heterocycles. The largest absolute Gasteiger partial charge is 0.335 e.